The van der Waals surface area contributed by atoms with Gasteiger partial charge in [0.15, 0.2) is 11.5 Å². The Morgan fingerprint density at radius 3 is 2.38 bits per heavy atom. The van der Waals surface area contributed by atoms with Gasteiger partial charge in [-0.05, 0) is 19.3 Å². The van der Waals surface area contributed by atoms with Gasteiger partial charge in [-0.15, -0.1) is 0 Å². The number of amides is 1. The van der Waals surface area contributed by atoms with Crippen molar-refractivity contribution in [3.8, 4) is 11.5 Å². The van der Waals surface area contributed by atoms with Crippen molar-refractivity contribution in [3.63, 3.8) is 0 Å². The van der Waals surface area contributed by atoms with E-state index in [1.807, 2.05) is 0 Å². The molecule has 0 saturated heterocycles. The lowest BCUT2D eigenvalue weighted by molar-refractivity contribution is -0.385. The summed E-state index contributed by atoms with van der Waals surface area (Å²) in [5, 5.41) is 13.7. The lowest BCUT2D eigenvalue weighted by atomic mass is 9.85. The van der Waals surface area contributed by atoms with Crippen LogP contribution in [0.25, 0.3) is 0 Å². The highest BCUT2D eigenvalue weighted by atomic mass is 19.4. The number of rotatable bonds is 5. The first-order valence-corrected chi connectivity index (χ1v) is 7.95. The van der Waals surface area contributed by atoms with E-state index >= 15 is 0 Å². The van der Waals surface area contributed by atoms with E-state index in [0.717, 1.165) is 12.1 Å². The van der Waals surface area contributed by atoms with Gasteiger partial charge in [0.25, 0.3) is 11.6 Å². The third-order valence-corrected chi connectivity index (χ3v) is 4.42. The Bertz CT molecular complexity index is 693. The maximum Gasteiger partial charge on any atom is 0.391 e. The van der Waals surface area contributed by atoms with Gasteiger partial charge in [0.2, 0.25) is 0 Å². The van der Waals surface area contributed by atoms with Crippen LogP contribution in [0.4, 0.5) is 18.9 Å². The topological polar surface area (TPSA) is 90.7 Å². The normalized spacial score (nSPS) is 20.3. The van der Waals surface area contributed by atoms with Crippen molar-refractivity contribution in [1.29, 1.82) is 0 Å². The molecule has 144 valence electrons. The first-order chi connectivity index (χ1) is 12.2. The number of alkyl halides is 3. The van der Waals surface area contributed by atoms with E-state index < -0.39 is 34.7 Å². The van der Waals surface area contributed by atoms with Gasteiger partial charge < -0.3 is 14.8 Å². The molecule has 1 fully saturated rings. The summed E-state index contributed by atoms with van der Waals surface area (Å²) < 4.78 is 48.7. The highest BCUT2D eigenvalue weighted by Gasteiger charge is 2.42. The standard InChI is InChI=1S/C16H19F3N2O5/c1-25-13-7-11(12(21(23)24)8-14(13)26-2)15(22)20-10-5-3-4-9(6-10)16(17,18)19/h7-10H,3-6H2,1-2H3,(H,20,22). The second-order valence-electron chi connectivity index (χ2n) is 6.06. The number of carbonyl (C=O) groups is 1. The van der Waals surface area contributed by atoms with Gasteiger partial charge in [-0.1, -0.05) is 6.42 Å². The lowest BCUT2D eigenvalue weighted by Crippen LogP contribution is -2.41. The van der Waals surface area contributed by atoms with Crippen molar-refractivity contribution in [2.24, 2.45) is 5.92 Å². The maximum absolute atomic E-state index is 12.9. The highest BCUT2D eigenvalue weighted by molar-refractivity contribution is 5.99. The molecular weight excluding hydrogens is 357 g/mol. The molecule has 1 aliphatic carbocycles. The molecule has 1 aliphatic rings. The molecule has 1 amide bonds. The average Bonchev–Trinajstić information content (AvgIpc) is 2.59. The number of methoxy groups -OCH3 is 2. The first kappa shape index (κ1) is 19.8. The summed E-state index contributed by atoms with van der Waals surface area (Å²) in [6, 6.07) is 1.50. The van der Waals surface area contributed by atoms with E-state index in [9.17, 15) is 28.1 Å². The van der Waals surface area contributed by atoms with Crippen LogP contribution in [0.2, 0.25) is 0 Å². The van der Waals surface area contributed by atoms with Crippen LogP contribution in [-0.2, 0) is 0 Å². The molecule has 2 unspecified atom stereocenters. The average molecular weight is 376 g/mol. The summed E-state index contributed by atoms with van der Waals surface area (Å²) in [6.07, 6.45) is -3.83. The number of nitrogens with zero attached hydrogens (tertiary/aromatic N) is 1. The fourth-order valence-electron chi connectivity index (χ4n) is 3.08. The molecule has 26 heavy (non-hydrogen) atoms. The summed E-state index contributed by atoms with van der Waals surface area (Å²) in [4.78, 5) is 23.0. The van der Waals surface area contributed by atoms with Gasteiger partial charge in [-0.3, -0.25) is 14.9 Å². The molecule has 2 atom stereocenters. The van der Waals surface area contributed by atoms with Crippen LogP contribution in [0.5, 0.6) is 11.5 Å². The number of nitro groups is 1. The predicted octanol–water partition coefficient (Wildman–Crippen LogP) is 3.46. The fraction of sp³-hybridized carbons (Fsp3) is 0.562. The number of nitrogens with one attached hydrogen (secondary N) is 1. The Labute approximate surface area is 147 Å². The summed E-state index contributed by atoms with van der Waals surface area (Å²) in [5.41, 5.74) is -0.801. The van der Waals surface area contributed by atoms with E-state index in [0.29, 0.717) is 12.8 Å². The van der Waals surface area contributed by atoms with Crippen LogP contribution < -0.4 is 14.8 Å². The zero-order chi connectivity index (χ0) is 19.5. The number of halogens is 3. The number of carbonyl (C=O) groups excluding carboxylic acids is 1. The van der Waals surface area contributed by atoms with Gasteiger partial charge in [0, 0.05) is 12.1 Å². The molecule has 10 heteroatoms. The lowest BCUT2D eigenvalue weighted by Gasteiger charge is -2.31. The zero-order valence-corrected chi connectivity index (χ0v) is 14.3. The molecule has 1 saturated carbocycles. The van der Waals surface area contributed by atoms with E-state index in [4.69, 9.17) is 9.47 Å². The Kier molecular flexibility index (Phi) is 5.94. The van der Waals surface area contributed by atoms with Crippen molar-refractivity contribution < 1.29 is 32.4 Å². The predicted molar refractivity (Wildman–Crippen MR) is 85.5 cm³/mol. The number of ether oxygens (including phenoxy) is 2. The Hall–Kier alpha value is -2.52. The third kappa shape index (κ3) is 4.36. The second kappa shape index (κ2) is 7.79. The second-order valence-corrected chi connectivity index (χ2v) is 6.06. The van der Waals surface area contributed by atoms with Crippen LogP contribution >= 0.6 is 0 Å². The van der Waals surface area contributed by atoms with Crippen molar-refractivity contribution in [3.05, 3.63) is 27.8 Å². The van der Waals surface area contributed by atoms with Gasteiger partial charge in [0.1, 0.15) is 5.56 Å². The Morgan fingerprint density at radius 2 is 1.85 bits per heavy atom. The molecule has 0 bridgehead atoms. The minimum Gasteiger partial charge on any atom is -0.493 e. The molecule has 7 nitrogen and oxygen atoms in total. The minimum atomic E-state index is -4.32. The minimum absolute atomic E-state index is 0.0202. The molecule has 0 radical (unpaired) electrons. The highest BCUT2D eigenvalue weighted by Crippen LogP contribution is 2.38. The maximum atomic E-state index is 12.9. The zero-order valence-electron chi connectivity index (χ0n) is 14.3. The van der Waals surface area contributed by atoms with Crippen LogP contribution in [0.3, 0.4) is 0 Å². The molecule has 1 N–H and O–H groups in total. The Balaban J connectivity index is 2.24. The van der Waals surface area contributed by atoms with E-state index in [1.165, 1.54) is 14.2 Å². The SMILES string of the molecule is COc1cc(C(=O)NC2CCCC(C(F)(F)F)C2)c([N+](=O)[O-])cc1OC. The van der Waals surface area contributed by atoms with Gasteiger partial charge >= 0.3 is 6.18 Å². The smallest absolute Gasteiger partial charge is 0.391 e. The Morgan fingerprint density at radius 1 is 1.23 bits per heavy atom. The molecule has 0 heterocycles. The molecular formula is C16H19F3N2O5. The molecule has 1 aromatic carbocycles. The molecule has 1 aromatic rings. The number of hydrogen-bond donors (Lipinski definition) is 1. The van der Waals surface area contributed by atoms with Crippen LogP contribution in [0, 0.1) is 16.0 Å². The molecule has 2 rings (SSSR count). The van der Waals surface area contributed by atoms with E-state index in [-0.39, 0.29) is 29.9 Å². The molecule has 0 aromatic heterocycles. The van der Waals surface area contributed by atoms with Gasteiger partial charge in [0.05, 0.1) is 31.1 Å². The number of benzene rings is 1. The van der Waals surface area contributed by atoms with Crippen LogP contribution in [-0.4, -0.2) is 37.3 Å². The summed E-state index contributed by atoms with van der Waals surface area (Å²) >= 11 is 0. The summed E-state index contributed by atoms with van der Waals surface area (Å²) in [7, 11) is 2.60. The molecule has 0 spiro atoms. The third-order valence-electron chi connectivity index (χ3n) is 4.42. The fourth-order valence-corrected chi connectivity index (χ4v) is 3.08. The van der Waals surface area contributed by atoms with Crippen molar-refractivity contribution in [2.45, 2.75) is 37.9 Å². The van der Waals surface area contributed by atoms with Crippen molar-refractivity contribution >= 4 is 11.6 Å². The number of nitro benzene ring substituents is 1. The monoisotopic (exact) mass is 376 g/mol. The van der Waals surface area contributed by atoms with Crippen molar-refractivity contribution in [1.82, 2.24) is 5.32 Å². The largest absolute Gasteiger partial charge is 0.493 e. The van der Waals surface area contributed by atoms with Crippen LogP contribution in [0.1, 0.15) is 36.0 Å². The van der Waals surface area contributed by atoms with Crippen molar-refractivity contribution in [2.75, 3.05) is 14.2 Å². The van der Waals surface area contributed by atoms with Gasteiger partial charge in [-0.25, -0.2) is 0 Å². The first-order valence-electron chi connectivity index (χ1n) is 7.95. The summed E-state index contributed by atoms with van der Waals surface area (Å²) in [6.45, 7) is 0. The summed E-state index contributed by atoms with van der Waals surface area (Å²) in [5.74, 6) is -2.11. The number of hydrogen-bond acceptors (Lipinski definition) is 5. The van der Waals surface area contributed by atoms with Crippen LogP contribution in [0.15, 0.2) is 12.1 Å². The van der Waals surface area contributed by atoms with E-state index in [1.54, 1.807) is 0 Å². The van der Waals surface area contributed by atoms with E-state index in [2.05, 4.69) is 5.32 Å². The molecule has 0 aliphatic heterocycles. The van der Waals surface area contributed by atoms with Gasteiger partial charge in [-0.2, -0.15) is 13.2 Å². The quantitative estimate of drug-likeness (QED) is 0.628.